The van der Waals surface area contributed by atoms with Gasteiger partial charge in [-0.3, -0.25) is 9.79 Å². The highest BCUT2D eigenvalue weighted by Gasteiger charge is 2.30. The van der Waals surface area contributed by atoms with Crippen LogP contribution in [0.1, 0.15) is 41.0 Å². The zero-order valence-electron chi connectivity index (χ0n) is 13.5. The van der Waals surface area contributed by atoms with Gasteiger partial charge in [-0.1, -0.05) is 18.2 Å². The van der Waals surface area contributed by atoms with Crippen molar-refractivity contribution >= 4 is 35.1 Å². The summed E-state index contributed by atoms with van der Waals surface area (Å²) < 4.78 is 0. The van der Waals surface area contributed by atoms with Gasteiger partial charge in [-0.2, -0.15) is 0 Å². The van der Waals surface area contributed by atoms with E-state index in [1.54, 1.807) is 11.8 Å². The minimum Gasteiger partial charge on any atom is -0.359 e. The number of fused-ring (bicyclic) bond motifs is 1. The predicted octanol–water partition coefficient (Wildman–Crippen LogP) is 4.65. The Labute approximate surface area is 145 Å². The number of Topliss-reactive ketones (excluding diaryl/α,β-unsaturated/α-hetero) is 1. The zero-order valence-corrected chi connectivity index (χ0v) is 14.3. The molecule has 4 rings (SSSR count). The summed E-state index contributed by atoms with van der Waals surface area (Å²) in [5, 5.41) is 3.50. The molecule has 122 valence electrons. The number of aliphatic imine (C=N–C) groups is 1. The second-order valence-electron chi connectivity index (χ2n) is 6.17. The first kappa shape index (κ1) is 15.3. The number of nitrogens with one attached hydrogen (secondary N) is 2. The number of thioether (sulfide) groups is 1. The Kier molecular flexibility index (Phi) is 4.02. The van der Waals surface area contributed by atoms with E-state index in [1.165, 1.54) is 5.57 Å². The van der Waals surface area contributed by atoms with Gasteiger partial charge in [-0.25, -0.2) is 0 Å². The Bertz CT molecular complexity index is 836. The van der Waals surface area contributed by atoms with E-state index >= 15 is 0 Å². The van der Waals surface area contributed by atoms with Gasteiger partial charge in [-0.15, -0.1) is 11.8 Å². The van der Waals surface area contributed by atoms with Crippen molar-refractivity contribution in [1.29, 1.82) is 0 Å². The van der Waals surface area contributed by atoms with Crippen LogP contribution in [0.4, 0.5) is 11.4 Å². The number of rotatable bonds is 3. The fourth-order valence-electron chi connectivity index (χ4n) is 3.32. The van der Waals surface area contributed by atoms with E-state index in [4.69, 9.17) is 0 Å². The normalized spacial score (nSPS) is 19.8. The topological polar surface area (TPSA) is 57.2 Å². The minimum absolute atomic E-state index is 0.202. The summed E-state index contributed by atoms with van der Waals surface area (Å²) >= 11 is 1.67. The van der Waals surface area contributed by atoms with E-state index in [2.05, 4.69) is 22.2 Å². The highest BCUT2D eigenvalue weighted by atomic mass is 32.2. The number of allylic oxidation sites excluding steroid dienone is 1. The smallest absolute Gasteiger partial charge is 0.176 e. The van der Waals surface area contributed by atoms with Crippen LogP contribution in [0.3, 0.4) is 0 Å². The van der Waals surface area contributed by atoms with E-state index in [1.807, 2.05) is 42.7 Å². The molecular weight excluding hydrogens is 318 g/mol. The van der Waals surface area contributed by atoms with Gasteiger partial charge in [-0.05, 0) is 31.1 Å². The van der Waals surface area contributed by atoms with Crippen LogP contribution >= 0.6 is 11.8 Å². The van der Waals surface area contributed by atoms with Crippen LogP contribution in [0.25, 0.3) is 0 Å². The monoisotopic (exact) mass is 337 g/mol. The summed E-state index contributed by atoms with van der Waals surface area (Å²) in [6.45, 7) is 2.10. The van der Waals surface area contributed by atoms with Gasteiger partial charge >= 0.3 is 0 Å². The number of ketones is 1. The van der Waals surface area contributed by atoms with E-state index < -0.39 is 0 Å². The fraction of sp³-hybridized carbons (Fsp3) is 0.263. The zero-order chi connectivity index (χ0) is 16.5. The Morgan fingerprint density at radius 1 is 1.25 bits per heavy atom. The largest absolute Gasteiger partial charge is 0.359 e. The maximum atomic E-state index is 12.6. The molecule has 0 saturated carbocycles. The van der Waals surface area contributed by atoms with Gasteiger partial charge in [0, 0.05) is 41.2 Å². The molecule has 2 aliphatic rings. The Morgan fingerprint density at radius 2 is 2.08 bits per heavy atom. The van der Waals surface area contributed by atoms with Crippen LogP contribution < -0.4 is 5.32 Å². The van der Waals surface area contributed by atoms with Crippen LogP contribution in [0.2, 0.25) is 0 Å². The number of benzene rings is 1. The van der Waals surface area contributed by atoms with Crippen molar-refractivity contribution in [2.45, 2.75) is 25.0 Å². The van der Waals surface area contributed by atoms with Crippen molar-refractivity contribution in [3.05, 3.63) is 59.1 Å². The molecule has 2 aromatic rings. The van der Waals surface area contributed by atoms with Crippen LogP contribution in [-0.4, -0.2) is 22.7 Å². The van der Waals surface area contributed by atoms with E-state index in [9.17, 15) is 4.79 Å². The summed E-state index contributed by atoms with van der Waals surface area (Å²) in [6, 6.07) is 10.0. The van der Waals surface area contributed by atoms with Gasteiger partial charge in [0.05, 0.1) is 17.0 Å². The van der Waals surface area contributed by atoms with E-state index in [0.717, 1.165) is 40.5 Å². The van der Waals surface area contributed by atoms with Crippen molar-refractivity contribution in [1.82, 2.24) is 4.98 Å². The van der Waals surface area contributed by atoms with Crippen molar-refractivity contribution in [3.63, 3.8) is 0 Å². The molecule has 2 aliphatic heterocycles. The van der Waals surface area contributed by atoms with Gasteiger partial charge in [0.25, 0.3) is 0 Å². The number of H-pyrrole nitrogens is 1. The number of anilines is 2. The summed E-state index contributed by atoms with van der Waals surface area (Å²) in [5.41, 5.74) is 6.13. The molecule has 0 radical (unpaired) electrons. The quantitative estimate of drug-likeness (QED) is 0.857. The lowest BCUT2D eigenvalue weighted by molar-refractivity contribution is 0.102. The van der Waals surface area contributed by atoms with Crippen LogP contribution in [0.5, 0.6) is 0 Å². The highest BCUT2D eigenvalue weighted by molar-refractivity contribution is 7.99. The van der Waals surface area contributed by atoms with Crippen LogP contribution in [0.15, 0.2) is 47.1 Å². The number of carbonyl (C=O) groups is 1. The van der Waals surface area contributed by atoms with E-state index in [0.29, 0.717) is 5.75 Å². The lowest BCUT2D eigenvalue weighted by Crippen LogP contribution is -2.12. The molecule has 24 heavy (non-hydrogen) atoms. The van der Waals surface area contributed by atoms with Crippen LogP contribution in [-0.2, 0) is 5.75 Å². The molecule has 1 aromatic carbocycles. The second kappa shape index (κ2) is 6.32. The first-order valence-corrected chi connectivity index (χ1v) is 9.25. The fourth-order valence-corrected chi connectivity index (χ4v) is 4.17. The molecule has 1 aromatic heterocycles. The third-order valence-electron chi connectivity index (χ3n) is 4.53. The standard InChI is InChI=1S/C19H19N3OS/c1-12-9-20-8-7-14(12)18-19(21-13-5-3-2-4-6-13)17-15(22-18)10-24-11-16(17)23/h2-6,8-9,14,21-22H,7,10-11H2,1H3. The van der Waals surface area contributed by atoms with Gasteiger partial charge < -0.3 is 10.3 Å². The summed E-state index contributed by atoms with van der Waals surface area (Å²) in [6.07, 6.45) is 4.71. The molecule has 0 bridgehead atoms. The third-order valence-corrected chi connectivity index (χ3v) is 5.49. The molecule has 5 heteroatoms. The number of hydrogen-bond acceptors (Lipinski definition) is 4. The molecule has 2 N–H and O–H groups in total. The average molecular weight is 337 g/mol. The van der Waals surface area contributed by atoms with Crippen molar-refractivity contribution < 1.29 is 4.79 Å². The Hall–Kier alpha value is -2.27. The van der Waals surface area contributed by atoms with Gasteiger partial charge in [0.2, 0.25) is 0 Å². The number of nitrogens with zero attached hydrogens (tertiary/aromatic N) is 1. The second-order valence-corrected chi connectivity index (χ2v) is 7.15. The number of aromatic nitrogens is 1. The maximum Gasteiger partial charge on any atom is 0.176 e. The molecule has 4 nitrogen and oxygen atoms in total. The van der Waals surface area contributed by atoms with Crippen molar-refractivity contribution in [2.24, 2.45) is 4.99 Å². The summed E-state index contributed by atoms with van der Waals surface area (Å²) in [4.78, 5) is 20.4. The Morgan fingerprint density at radius 3 is 2.88 bits per heavy atom. The summed E-state index contributed by atoms with van der Waals surface area (Å²) in [5.74, 6) is 1.84. The van der Waals surface area contributed by atoms with Crippen molar-refractivity contribution in [2.75, 3.05) is 11.1 Å². The first-order chi connectivity index (χ1) is 11.7. The Balaban J connectivity index is 1.82. The van der Waals surface area contributed by atoms with E-state index in [-0.39, 0.29) is 11.7 Å². The maximum absolute atomic E-state index is 12.6. The lowest BCUT2D eigenvalue weighted by Gasteiger charge is -2.20. The molecule has 1 atom stereocenters. The molecule has 0 aliphatic carbocycles. The molecule has 0 amide bonds. The highest BCUT2D eigenvalue weighted by Crippen LogP contribution is 2.41. The predicted molar refractivity (Wildman–Crippen MR) is 101 cm³/mol. The number of aromatic amines is 1. The van der Waals surface area contributed by atoms with Gasteiger partial charge in [0.1, 0.15) is 0 Å². The molecule has 0 saturated heterocycles. The van der Waals surface area contributed by atoms with Crippen molar-refractivity contribution in [3.8, 4) is 0 Å². The number of hydrogen-bond donors (Lipinski definition) is 2. The van der Waals surface area contributed by atoms with Crippen LogP contribution in [0, 0.1) is 0 Å². The molecule has 1 unspecified atom stereocenters. The molecular formula is C19H19N3OS. The molecule has 3 heterocycles. The lowest BCUT2D eigenvalue weighted by atomic mass is 9.91. The summed E-state index contributed by atoms with van der Waals surface area (Å²) in [7, 11) is 0. The third kappa shape index (κ3) is 2.69. The number of carbonyl (C=O) groups excluding carboxylic acids is 1. The minimum atomic E-state index is 0.202. The molecule has 0 spiro atoms. The molecule has 0 fully saturated rings. The number of para-hydroxylation sites is 1. The van der Waals surface area contributed by atoms with Gasteiger partial charge in [0.15, 0.2) is 5.78 Å². The average Bonchev–Trinajstić information content (AvgIpc) is 2.96. The SMILES string of the molecule is CC1=CN=CCC1c1[nH]c2c(c1Nc1ccccc1)C(=O)CSC2. The first-order valence-electron chi connectivity index (χ1n) is 8.10.